The highest BCUT2D eigenvalue weighted by molar-refractivity contribution is 8.01. The van der Waals surface area contributed by atoms with E-state index >= 15 is 0 Å². The molecule has 22 heavy (non-hydrogen) atoms. The first-order valence-electron chi connectivity index (χ1n) is 6.42. The molecular formula is C13H16N4O3S2. The molecule has 0 fully saturated rings. The maximum atomic E-state index is 11.9. The van der Waals surface area contributed by atoms with Gasteiger partial charge in [-0.15, -0.1) is 10.2 Å². The number of ether oxygens (including phenoxy) is 2. The number of methoxy groups -OCH3 is 2. The Morgan fingerprint density at radius 3 is 2.68 bits per heavy atom. The maximum Gasteiger partial charge on any atom is 0.325 e. The number of carbonyl (C=O) groups is 1. The molecule has 2 rings (SSSR count). The van der Waals surface area contributed by atoms with Gasteiger partial charge in [0.05, 0.1) is 14.2 Å². The Hall–Kier alpha value is -2.00. The van der Waals surface area contributed by atoms with Gasteiger partial charge in [-0.3, -0.25) is 5.32 Å². The van der Waals surface area contributed by atoms with Crippen molar-refractivity contribution >= 4 is 39.9 Å². The summed E-state index contributed by atoms with van der Waals surface area (Å²) < 4.78 is 11.2. The lowest BCUT2D eigenvalue weighted by Crippen LogP contribution is -2.19. The molecule has 1 heterocycles. The van der Waals surface area contributed by atoms with E-state index in [-0.39, 0.29) is 0 Å². The van der Waals surface area contributed by atoms with E-state index in [2.05, 4.69) is 20.8 Å². The van der Waals surface area contributed by atoms with Crippen molar-refractivity contribution in [1.29, 1.82) is 0 Å². The van der Waals surface area contributed by atoms with Crippen molar-refractivity contribution < 1.29 is 14.3 Å². The van der Waals surface area contributed by atoms with Gasteiger partial charge in [0.25, 0.3) is 0 Å². The topological polar surface area (TPSA) is 85.4 Å². The van der Waals surface area contributed by atoms with Crippen LogP contribution in [0.4, 0.5) is 15.6 Å². The minimum atomic E-state index is -0.392. The van der Waals surface area contributed by atoms with Gasteiger partial charge in [-0.1, -0.05) is 30.0 Å². The van der Waals surface area contributed by atoms with Gasteiger partial charge in [-0.05, 0) is 17.9 Å². The van der Waals surface area contributed by atoms with Crippen molar-refractivity contribution in [3.05, 3.63) is 18.2 Å². The summed E-state index contributed by atoms with van der Waals surface area (Å²) in [4.78, 5) is 11.9. The standard InChI is InChI=1S/C13H16N4O3S2/c1-4-21-13-17-16-12(22-13)15-11(18)14-8-5-6-9(19-2)10(7-8)20-3/h5-7H,4H2,1-3H3,(H2,14,15,16,18). The Labute approximate surface area is 136 Å². The second kappa shape index (κ2) is 7.85. The van der Waals surface area contributed by atoms with E-state index in [0.29, 0.717) is 22.3 Å². The van der Waals surface area contributed by atoms with Crippen LogP contribution in [0.15, 0.2) is 22.5 Å². The van der Waals surface area contributed by atoms with Crippen LogP contribution in [0.1, 0.15) is 6.92 Å². The Balaban J connectivity index is 1.99. The number of hydrogen-bond donors (Lipinski definition) is 2. The quantitative estimate of drug-likeness (QED) is 0.620. The van der Waals surface area contributed by atoms with Crippen molar-refractivity contribution in [1.82, 2.24) is 10.2 Å². The second-order valence-corrected chi connectivity index (χ2v) is 6.44. The summed E-state index contributed by atoms with van der Waals surface area (Å²) >= 11 is 2.91. The Morgan fingerprint density at radius 2 is 2.00 bits per heavy atom. The number of amides is 2. The summed E-state index contributed by atoms with van der Waals surface area (Å²) in [5.74, 6) is 2.04. The van der Waals surface area contributed by atoms with E-state index in [9.17, 15) is 4.79 Å². The molecule has 1 aromatic heterocycles. The van der Waals surface area contributed by atoms with Gasteiger partial charge in [0.15, 0.2) is 15.8 Å². The van der Waals surface area contributed by atoms with Gasteiger partial charge in [0.2, 0.25) is 5.13 Å². The molecule has 2 aromatic rings. The molecule has 0 aliphatic carbocycles. The van der Waals surface area contributed by atoms with Crippen molar-refractivity contribution in [3.8, 4) is 11.5 Å². The zero-order chi connectivity index (χ0) is 15.9. The van der Waals surface area contributed by atoms with Crippen LogP contribution in [0.3, 0.4) is 0 Å². The first-order valence-corrected chi connectivity index (χ1v) is 8.22. The van der Waals surface area contributed by atoms with Gasteiger partial charge < -0.3 is 14.8 Å². The fraction of sp³-hybridized carbons (Fsp3) is 0.308. The first-order chi connectivity index (χ1) is 10.7. The first kappa shape index (κ1) is 16.4. The van der Waals surface area contributed by atoms with Crippen LogP contribution < -0.4 is 20.1 Å². The van der Waals surface area contributed by atoms with Gasteiger partial charge in [-0.2, -0.15) is 0 Å². The minimum Gasteiger partial charge on any atom is -0.493 e. The lowest BCUT2D eigenvalue weighted by molar-refractivity contribution is 0.262. The molecule has 0 atom stereocenters. The molecule has 0 aliphatic rings. The molecule has 0 unspecified atom stereocenters. The third-order valence-corrected chi connectivity index (χ3v) is 4.39. The summed E-state index contributed by atoms with van der Waals surface area (Å²) in [7, 11) is 3.09. The smallest absolute Gasteiger partial charge is 0.325 e. The summed E-state index contributed by atoms with van der Waals surface area (Å²) in [5.41, 5.74) is 0.586. The minimum absolute atomic E-state index is 0.392. The summed E-state index contributed by atoms with van der Waals surface area (Å²) in [5, 5.41) is 13.7. The molecule has 1 aromatic carbocycles. The zero-order valence-corrected chi connectivity index (χ0v) is 14.0. The van der Waals surface area contributed by atoms with E-state index in [1.807, 2.05) is 6.92 Å². The maximum absolute atomic E-state index is 11.9. The highest BCUT2D eigenvalue weighted by Gasteiger charge is 2.10. The Bertz CT molecular complexity index is 648. The SMILES string of the molecule is CCSc1nnc(NC(=O)Nc2ccc(OC)c(OC)c2)s1. The molecule has 0 saturated carbocycles. The number of aromatic nitrogens is 2. The van der Waals surface area contributed by atoms with Gasteiger partial charge in [0.1, 0.15) is 0 Å². The average Bonchev–Trinajstić information content (AvgIpc) is 2.94. The fourth-order valence-corrected chi connectivity index (χ4v) is 3.26. The normalized spacial score (nSPS) is 10.1. The van der Waals surface area contributed by atoms with E-state index < -0.39 is 6.03 Å². The molecule has 0 bridgehead atoms. The largest absolute Gasteiger partial charge is 0.493 e. The highest BCUT2D eigenvalue weighted by atomic mass is 32.2. The lowest BCUT2D eigenvalue weighted by Gasteiger charge is -2.10. The number of hydrogen-bond acceptors (Lipinski definition) is 7. The molecule has 0 spiro atoms. The molecule has 0 saturated heterocycles. The number of benzene rings is 1. The van der Waals surface area contributed by atoms with Crippen LogP contribution in [0.5, 0.6) is 11.5 Å². The van der Waals surface area contributed by atoms with Crippen LogP contribution >= 0.6 is 23.1 Å². The predicted octanol–water partition coefficient (Wildman–Crippen LogP) is 3.31. The third-order valence-electron chi connectivity index (χ3n) is 2.54. The Kier molecular flexibility index (Phi) is 5.84. The van der Waals surface area contributed by atoms with Crippen LogP contribution in [0.25, 0.3) is 0 Å². The number of rotatable bonds is 6. The van der Waals surface area contributed by atoms with E-state index in [1.165, 1.54) is 18.4 Å². The molecule has 2 amide bonds. The monoisotopic (exact) mass is 340 g/mol. The third kappa shape index (κ3) is 4.25. The number of thioether (sulfide) groups is 1. The van der Waals surface area contributed by atoms with E-state index in [4.69, 9.17) is 9.47 Å². The molecule has 9 heteroatoms. The summed E-state index contributed by atoms with van der Waals surface area (Å²) in [6.07, 6.45) is 0. The van der Waals surface area contributed by atoms with E-state index in [1.54, 1.807) is 37.1 Å². The molecular weight excluding hydrogens is 324 g/mol. The van der Waals surface area contributed by atoms with Crippen LogP contribution in [0.2, 0.25) is 0 Å². The number of urea groups is 1. The molecule has 2 N–H and O–H groups in total. The Morgan fingerprint density at radius 1 is 1.23 bits per heavy atom. The van der Waals surface area contributed by atoms with Crippen molar-refractivity contribution in [2.24, 2.45) is 0 Å². The number of nitrogens with one attached hydrogen (secondary N) is 2. The van der Waals surface area contributed by atoms with Crippen molar-refractivity contribution in [2.45, 2.75) is 11.3 Å². The molecule has 118 valence electrons. The summed E-state index contributed by atoms with van der Waals surface area (Å²) in [6, 6.07) is 4.72. The highest BCUT2D eigenvalue weighted by Crippen LogP contribution is 2.30. The van der Waals surface area contributed by atoms with Crippen molar-refractivity contribution in [3.63, 3.8) is 0 Å². The molecule has 0 radical (unpaired) electrons. The number of nitrogens with zero attached hydrogens (tertiary/aromatic N) is 2. The summed E-state index contributed by atoms with van der Waals surface area (Å²) in [6.45, 7) is 2.03. The van der Waals surface area contributed by atoms with Gasteiger partial charge in [-0.25, -0.2) is 4.79 Å². The molecule has 0 aliphatic heterocycles. The van der Waals surface area contributed by atoms with Gasteiger partial charge in [0, 0.05) is 11.8 Å². The van der Waals surface area contributed by atoms with Gasteiger partial charge >= 0.3 is 6.03 Å². The average molecular weight is 340 g/mol. The zero-order valence-electron chi connectivity index (χ0n) is 12.4. The van der Waals surface area contributed by atoms with Crippen LogP contribution in [-0.2, 0) is 0 Å². The second-order valence-electron chi connectivity index (χ2n) is 3.96. The number of carbonyl (C=O) groups excluding carboxylic acids is 1. The lowest BCUT2D eigenvalue weighted by atomic mass is 10.3. The van der Waals surface area contributed by atoms with Crippen LogP contribution in [-0.4, -0.2) is 36.2 Å². The van der Waals surface area contributed by atoms with Crippen LogP contribution in [0, 0.1) is 0 Å². The predicted molar refractivity (Wildman–Crippen MR) is 88.5 cm³/mol. The van der Waals surface area contributed by atoms with Crippen molar-refractivity contribution in [2.75, 3.05) is 30.6 Å². The molecule has 7 nitrogen and oxygen atoms in total. The van der Waals surface area contributed by atoms with E-state index in [0.717, 1.165) is 10.1 Å². The number of anilines is 2. The fourth-order valence-electron chi connectivity index (χ4n) is 1.62.